The van der Waals surface area contributed by atoms with Gasteiger partial charge in [-0.15, -0.1) is 0 Å². The van der Waals surface area contributed by atoms with Crippen LogP contribution in [0, 0.1) is 11.7 Å². The average Bonchev–Trinajstić information content (AvgIpc) is 2.89. The lowest BCUT2D eigenvalue weighted by Gasteiger charge is -2.49. The number of piperazine rings is 1. The van der Waals surface area contributed by atoms with Crippen molar-refractivity contribution in [2.24, 2.45) is 5.92 Å². The normalized spacial score (nSPS) is 20.5. The molecule has 1 saturated heterocycles. The van der Waals surface area contributed by atoms with Gasteiger partial charge in [-0.05, 0) is 48.2 Å². The number of carbonyl (C=O) groups is 1. The quantitative estimate of drug-likeness (QED) is 0.570. The maximum atomic E-state index is 13.6. The minimum absolute atomic E-state index is 0.0479. The van der Waals surface area contributed by atoms with Crippen LogP contribution in [0.25, 0.3) is 0 Å². The van der Waals surface area contributed by atoms with Gasteiger partial charge in [-0.25, -0.2) is 4.39 Å². The zero-order valence-electron chi connectivity index (χ0n) is 20.3. The number of carbonyl (C=O) groups excluding carboxylic acids is 1. The van der Waals surface area contributed by atoms with E-state index in [1.807, 2.05) is 55.5 Å². The second kappa shape index (κ2) is 10.1. The van der Waals surface area contributed by atoms with Gasteiger partial charge in [0, 0.05) is 37.9 Å². The van der Waals surface area contributed by atoms with Crippen LogP contribution in [-0.4, -0.2) is 43.6 Å². The number of hydrogen-bond donors (Lipinski definition) is 1. The van der Waals surface area contributed by atoms with Gasteiger partial charge in [0.1, 0.15) is 11.6 Å². The SMILES string of the molecule is COc1ccc2c(c1)N1CCN(Cc3ccc(F)cc3)C[C@@H]1[C@H](C(=O)N[C@@H](C)c1ccccc1)C2. The zero-order valence-corrected chi connectivity index (χ0v) is 20.3. The topological polar surface area (TPSA) is 44.8 Å². The van der Waals surface area contributed by atoms with Gasteiger partial charge in [-0.1, -0.05) is 48.5 Å². The number of nitrogens with zero attached hydrogens (tertiary/aromatic N) is 2. The first kappa shape index (κ1) is 23.4. The number of rotatable bonds is 6. The van der Waals surface area contributed by atoms with Gasteiger partial charge in [0.15, 0.2) is 0 Å². The van der Waals surface area contributed by atoms with Crippen LogP contribution in [0.2, 0.25) is 0 Å². The summed E-state index contributed by atoms with van der Waals surface area (Å²) in [7, 11) is 1.68. The Kier molecular flexibility index (Phi) is 6.73. The van der Waals surface area contributed by atoms with Gasteiger partial charge in [0.25, 0.3) is 0 Å². The molecule has 0 bridgehead atoms. The van der Waals surface area contributed by atoms with Gasteiger partial charge in [0.05, 0.1) is 25.1 Å². The minimum Gasteiger partial charge on any atom is -0.497 e. The number of benzene rings is 3. The van der Waals surface area contributed by atoms with E-state index in [1.165, 1.54) is 17.7 Å². The van der Waals surface area contributed by atoms with Gasteiger partial charge >= 0.3 is 0 Å². The fourth-order valence-corrected chi connectivity index (χ4v) is 5.40. The molecule has 0 spiro atoms. The lowest BCUT2D eigenvalue weighted by Crippen LogP contribution is -2.61. The first-order valence-electron chi connectivity index (χ1n) is 12.3. The van der Waals surface area contributed by atoms with Crippen LogP contribution < -0.4 is 15.0 Å². The summed E-state index contributed by atoms with van der Waals surface area (Å²) in [5.41, 5.74) is 4.52. The van der Waals surface area contributed by atoms with Gasteiger partial charge < -0.3 is 15.0 Å². The number of fused-ring (bicyclic) bond motifs is 3. The molecule has 2 aliphatic rings. The predicted molar refractivity (Wildman–Crippen MR) is 136 cm³/mol. The number of nitrogens with one attached hydrogen (secondary N) is 1. The highest BCUT2D eigenvalue weighted by Gasteiger charge is 2.42. The molecule has 1 amide bonds. The van der Waals surface area contributed by atoms with E-state index in [1.54, 1.807) is 7.11 Å². The summed E-state index contributed by atoms with van der Waals surface area (Å²) in [4.78, 5) is 18.4. The summed E-state index contributed by atoms with van der Waals surface area (Å²) in [6.45, 7) is 5.24. The predicted octanol–water partition coefficient (Wildman–Crippen LogP) is 4.57. The van der Waals surface area contributed by atoms with Crippen LogP contribution in [0.15, 0.2) is 72.8 Å². The van der Waals surface area contributed by atoms with Crippen LogP contribution in [0.4, 0.5) is 10.1 Å². The number of amides is 1. The summed E-state index contributed by atoms with van der Waals surface area (Å²) in [6, 6.07) is 22.9. The molecule has 3 aromatic rings. The maximum Gasteiger partial charge on any atom is 0.226 e. The highest BCUT2D eigenvalue weighted by atomic mass is 19.1. The summed E-state index contributed by atoms with van der Waals surface area (Å²) in [5, 5.41) is 3.27. The molecule has 2 heterocycles. The maximum absolute atomic E-state index is 13.6. The van der Waals surface area contributed by atoms with E-state index >= 15 is 0 Å². The van der Waals surface area contributed by atoms with E-state index in [-0.39, 0.29) is 29.7 Å². The molecule has 0 aliphatic carbocycles. The highest BCUT2D eigenvalue weighted by molar-refractivity contribution is 5.82. The molecule has 1 fully saturated rings. The molecule has 0 radical (unpaired) electrons. The fourth-order valence-electron chi connectivity index (χ4n) is 5.40. The van der Waals surface area contributed by atoms with Crippen LogP contribution in [0.5, 0.6) is 5.75 Å². The van der Waals surface area contributed by atoms with Crippen molar-refractivity contribution in [2.75, 3.05) is 31.6 Å². The Morgan fingerprint density at radius 3 is 2.60 bits per heavy atom. The summed E-state index contributed by atoms with van der Waals surface area (Å²) in [5.74, 6) is 0.525. The van der Waals surface area contributed by atoms with Crippen molar-refractivity contribution in [2.45, 2.75) is 32.0 Å². The standard InChI is InChI=1S/C29H32FN3O2/c1-20(22-6-4-3-5-7-22)31-29(34)26-16-23-10-13-25(35-2)17-27(23)33-15-14-32(19-28(26)33)18-21-8-11-24(30)12-9-21/h3-13,17,20,26,28H,14-16,18-19H2,1-2H3,(H,31,34)/t20-,26+,28+/m0/s1. The number of ether oxygens (including phenoxy) is 1. The van der Waals surface area contributed by atoms with Crippen molar-refractivity contribution < 1.29 is 13.9 Å². The zero-order chi connectivity index (χ0) is 24.4. The highest BCUT2D eigenvalue weighted by Crippen LogP contribution is 2.38. The molecular weight excluding hydrogens is 441 g/mol. The summed E-state index contributed by atoms with van der Waals surface area (Å²) >= 11 is 0. The van der Waals surface area contributed by atoms with Crippen molar-refractivity contribution in [3.8, 4) is 5.75 Å². The monoisotopic (exact) mass is 473 g/mol. The lowest BCUT2D eigenvalue weighted by atomic mass is 9.83. The largest absolute Gasteiger partial charge is 0.497 e. The van der Waals surface area contributed by atoms with E-state index in [4.69, 9.17) is 4.74 Å². The van der Waals surface area contributed by atoms with Crippen molar-refractivity contribution in [1.82, 2.24) is 10.2 Å². The molecule has 2 aliphatic heterocycles. The summed E-state index contributed by atoms with van der Waals surface area (Å²) in [6.07, 6.45) is 0.693. The third-order valence-corrected chi connectivity index (χ3v) is 7.32. The average molecular weight is 474 g/mol. The second-order valence-electron chi connectivity index (χ2n) is 9.57. The van der Waals surface area contributed by atoms with E-state index < -0.39 is 0 Å². The molecule has 5 rings (SSSR count). The molecular formula is C29H32FN3O2. The number of halogens is 1. The molecule has 3 aromatic carbocycles. The van der Waals surface area contributed by atoms with Crippen molar-refractivity contribution >= 4 is 11.6 Å². The first-order chi connectivity index (χ1) is 17.0. The number of anilines is 1. The first-order valence-corrected chi connectivity index (χ1v) is 12.3. The van der Waals surface area contributed by atoms with Gasteiger partial charge in [-0.2, -0.15) is 0 Å². The Labute approximate surface area is 206 Å². The Morgan fingerprint density at radius 1 is 1.09 bits per heavy atom. The smallest absolute Gasteiger partial charge is 0.226 e. The van der Waals surface area contributed by atoms with Crippen molar-refractivity contribution in [3.63, 3.8) is 0 Å². The number of methoxy groups -OCH3 is 1. The molecule has 0 aromatic heterocycles. The third-order valence-electron chi connectivity index (χ3n) is 7.32. The number of hydrogen-bond acceptors (Lipinski definition) is 4. The Bertz CT molecular complexity index is 1170. The van der Waals surface area contributed by atoms with Gasteiger partial charge in [-0.3, -0.25) is 9.69 Å². The molecule has 5 nitrogen and oxygen atoms in total. The Balaban J connectivity index is 1.39. The van der Waals surface area contributed by atoms with Crippen LogP contribution in [0.1, 0.15) is 29.7 Å². The third kappa shape index (κ3) is 5.03. The fraction of sp³-hybridized carbons (Fsp3) is 0.345. The van der Waals surface area contributed by atoms with E-state index in [0.717, 1.165) is 48.7 Å². The van der Waals surface area contributed by atoms with Crippen molar-refractivity contribution in [1.29, 1.82) is 0 Å². The Morgan fingerprint density at radius 2 is 1.86 bits per heavy atom. The van der Waals surface area contributed by atoms with E-state index in [2.05, 4.69) is 27.2 Å². The van der Waals surface area contributed by atoms with Crippen LogP contribution in [0.3, 0.4) is 0 Å². The van der Waals surface area contributed by atoms with Crippen LogP contribution in [-0.2, 0) is 17.8 Å². The molecule has 182 valence electrons. The van der Waals surface area contributed by atoms with E-state index in [0.29, 0.717) is 6.42 Å². The van der Waals surface area contributed by atoms with Crippen molar-refractivity contribution in [3.05, 3.63) is 95.3 Å². The van der Waals surface area contributed by atoms with Crippen LogP contribution >= 0.6 is 0 Å². The second-order valence-corrected chi connectivity index (χ2v) is 9.57. The minimum atomic E-state index is -0.222. The molecule has 6 heteroatoms. The summed E-state index contributed by atoms with van der Waals surface area (Å²) < 4.78 is 18.9. The van der Waals surface area contributed by atoms with Gasteiger partial charge in [0.2, 0.25) is 5.91 Å². The molecule has 35 heavy (non-hydrogen) atoms. The molecule has 1 N–H and O–H groups in total. The molecule has 0 saturated carbocycles. The molecule has 3 atom stereocenters. The Hall–Kier alpha value is -3.38. The lowest BCUT2D eigenvalue weighted by molar-refractivity contribution is -0.126. The molecule has 0 unspecified atom stereocenters. The van der Waals surface area contributed by atoms with E-state index in [9.17, 15) is 9.18 Å².